The fraction of sp³-hybridized carbons (Fsp3) is 0.500. The molecule has 0 spiro atoms. The number of benzene rings is 1. The number of aliphatic hydroxyl groups is 1. The Bertz CT molecular complexity index is 455. The van der Waals surface area contributed by atoms with E-state index in [0.717, 1.165) is 0 Å². The minimum absolute atomic E-state index is 0.0322. The molecule has 0 heterocycles. The van der Waals surface area contributed by atoms with E-state index in [1.165, 1.54) is 12.1 Å². The summed E-state index contributed by atoms with van der Waals surface area (Å²) in [6.07, 6.45) is 0.0826. The van der Waals surface area contributed by atoms with Crippen molar-refractivity contribution in [3.8, 4) is 0 Å². The van der Waals surface area contributed by atoms with Crippen LogP contribution in [0.5, 0.6) is 0 Å². The van der Waals surface area contributed by atoms with E-state index in [0.29, 0.717) is 18.5 Å². The van der Waals surface area contributed by atoms with Crippen LogP contribution in [0.4, 0.5) is 9.18 Å². The van der Waals surface area contributed by atoms with Crippen molar-refractivity contribution in [1.29, 1.82) is 0 Å². The lowest BCUT2D eigenvalue weighted by molar-refractivity contribution is 0.116. The predicted molar refractivity (Wildman–Crippen MR) is 77.1 cm³/mol. The smallest absolute Gasteiger partial charge is 0.315 e. The number of nitrogens with one attached hydrogen (secondary N) is 2. The largest absolute Gasteiger partial charge is 0.393 e. The summed E-state index contributed by atoms with van der Waals surface area (Å²) < 4.78 is 12.9. The zero-order valence-electron chi connectivity index (χ0n) is 11.6. The van der Waals surface area contributed by atoms with E-state index < -0.39 is 11.9 Å². The van der Waals surface area contributed by atoms with Gasteiger partial charge in [0.2, 0.25) is 0 Å². The Balaban J connectivity index is 2.27. The minimum atomic E-state index is -0.484. The van der Waals surface area contributed by atoms with Gasteiger partial charge in [-0.15, -0.1) is 0 Å². The Morgan fingerprint density at radius 1 is 1.40 bits per heavy atom. The number of rotatable bonds is 6. The molecular weight excluding hydrogens is 283 g/mol. The monoisotopic (exact) mass is 302 g/mol. The number of aliphatic hydroxyl groups excluding tert-OH is 1. The number of urea groups is 1. The molecule has 112 valence electrons. The Morgan fingerprint density at radius 2 is 2.10 bits per heavy atom. The van der Waals surface area contributed by atoms with E-state index >= 15 is 0 Å². The Hall–Kier alpha value is -1.33. The first-order chi connectivity index (χ1) is 9.40. The summed E-state index contributed by atoms with van der Waals surface area (Å²) in [4.78, 5) is 11.5. The van der Waals surface area contributed by atoms with Crippen LogP contribution >= 0.6 is 11.6 Å². The van der Waals surface area contributed by atoms with E-state index in [4.69, 9.17) is 11.6 Å². The molecule has 0 saturated heterocycles. The van der Waals surface area contributed by atoms with E-state index in [2.05, 4.69) is 10.6 Å². The van der Waals surface area contributed by atoms with Crippen LogP contribution in [0.25, 0.3) is 0 Å². The standard InChI is InChI=1S/C14H20ClFN2O2/c1-9(2)13(19)5-6-17-14(20)18-8-10-3-4-12(16)11(15)7-10/h3-4,7,9,13,19H,5-6,8H2,1-2H3,(H2,17,18,20). The second-order valence-electron chi connectivity index (χ2n) is 4.96. The first-order valence-electron chi connectivity index (χ1n) is 6.54. The number of halogens is 2. The van der Waals surface area contributed by atoms with Gasteiger partial charge >= 0.3 is 6.03 Å². The van der Waals surface area contributed by atoms with Crippen LogP contribution in [0.3, 0.4) is 0 Å². The van der Waals surface area contributed by atoms with Crippen LogP contribution in [-0.2, 0) is 6.54 Å². The second-order valence-corrected chi connectivity index (χ2v) is 5.37. The summed E-state index contributed by atoms with van der Waals surface area (Å²) in [7, 11) is 0. The Morgan fingerprint density at radius 3 is 2.70 bits per heavy atom. The van der Waals surface area contributed by atoms with Crippen molar-refractivity contribution in [2.45, 2.75) is 32.9 Å². The van der Waals surface area contributed by atoms with Gasteiger partial charge in [0.05, 0.1) is 11.1 Å². The third-order valence-corrected chi connectivity index (χ3v) is 3.22. The van der Waals surface area contributed by atoms with Crippen LogP contribution in [0, 0.1) is 11.7 Å². The van der Waals surface area contributed by atoms with Crippen molar-refractivity contribution >= 4 is 17.6 Å². The van der Waals surface area contributed by atoms with Gasteiger partial charge in [-0.05, 0) is 30.0 Å². The number of amides is 2. The normalized spacial score (nSPS) is 12.3. The maximum atomic E-state index is 12.9. The van der Waals surface area contributed by atoms with Crippen molar-refractivity contribution in [3.63, 3.8) is 0 Å². The van der Waals surface area contributed by atoms with Crippen LogP contribution in [0.15, 0.2) is 18.2 Å². The number of hydrogen-bond donors (Lipinski definition) is 3. The van der Waals surface area contributed by atoms with E-state index in [9.17, 15) is 14.3 Å². The molecule has 20 heavy (non-hydrogen) atoms. The summed E-state index contributed by atoms with van der Waals surface area (Å²) in [5, 5.41) is 14.9. The lowest BCUT2D eigenvalue weighted by atomic mass is 10.0. The third-order valence-electron chi connectivity index (χ3n) is 2.93. The third kappa shape index (κ3) is 5.75. The molecule has 3 N–H and O–H groups in total. The van der Waals surface area contributed by atoms with Crippen LogP contribution < -0.4 is 10.6 Å². The number of carbonyl (C=O) groups excluding carboxylic acids is 1. The van der Waals surface area contributed by atoms with Crippen molar-refractivity contribution in [3.05, 3.63) is 34.6 Å². The van der Waals surface area contributed by atoms with Gasteiger partial charge in [-0.2, -0.15) is 0 Å². The topological polar surface area (TPSA) is 61.4 Å². The molecule has 2 amide bonds. The molecule has 0 saturated carbocycles. The molecule has 6 heteroatoms. The molecule has 1 atom stereocenters. The van der Waals surface area contributed by atoms with E-state index in [-0.39, 0.29) is 23.5 Å². The zero-order chi connectivity index (χ0) is 15.1. The summed E-state index contributed by atoms with van der Waals surface area (Å²) in [5.74, 6) is -0.316. The molecule has 0 aromatic heterocycles. The van der Waals surface area contributed by atoms with Gasteiger partial charge in [0, 0.05) is 13.1 Å². The van der Waals surface area contributed by atoms with Crippen molar-refractivity contribution < 1.29 is 14.3 Å². The van der Waals surface area contributed by atoms with Gasteiger partial charge in [-0.25, -0.2) is 9.18 Å². The van der Waals surface area contributed by atoms with Gasteiger partial charge in [0.15, 0.2) is 0 Å². The molecule has 0 bridgehead atoms. The molecule has 1 aromatic rings. The van der Waals surface area contributed by atoms with Gasteiger partial charge < -0.3 is 15.7 Å². The molecule has 4 nitrogen and oxygen atoms in total. The summed E-state index contributed by atoms with van der Waals surface area (Å²) in [6, 6.07) is 3.96. The Kier molecular flexibility index (Phi) is 6.75. The van der Waals surface area contributed by atoms with Crippen molar-refractivity contribution in [2.75, 3.05) is 6.54 Å². The van der Waals surface area contributed by atoms with Crippen molar-refractivity contribution in [1.82, 2.24) is 10.6 Å². The first kappa shape index (κ1) is 16.7. The van der Waals surface area contributed by atoms with Crippen LogP contribution in [0.1, 0.15) is 25.8 Å². The minimum Gasteiger partial charge on any atom is -0.393 e. The number of carbonyl (C=O) groups is 1. The van der Waals surface area contributed by atoms with Crippen LogP contribution in [-0.4, -0.2) is 23.8 Å². The highest BCUT2D eigenvalue weighted by atomic mass is 35.5. The second kappa shape index (κ2) is 8.07. The molecule has 0 radical (unpaired) electrons. The highest BCUT2D eigenvalue weighted by Gasteiger charge is 2.09. The van der Waals surface area contributed by atoms with E-state index in [1.807, 2.05) is 13.8 Å². The lowest BCUT2D eigenvalue weighted by Crippen LogP contribution is -2.37. The maximum Gasteiger partial charge on any atom is 0.315 e. The quantitative estimate of drug-likeness (QED) is 0.756. The summed E-state index contributed by atoms with van der Waals surface area (Å²) in [6.45, 7) is 4.50. The Labute approximate surface area is 123 Å². The maximum absolute atomic E-state index is 12.9. The van der Waals surface area contributed by atoms with Gasteiger partial charge in [0.25, 0.3) is 0 Å². The van der Waals surface area contributed by atoms with Crippen molar-refractivity contribution in [2.24, 2.45) is 5.92 Å². The SMILES string of the molecule is CC(C)C(O)CCNC(=O)NCc1ccc(F)c(Cl)c1. The molecule has 0 aliphatic carbocycles. The lowest BCUT2D eigenvalue weighted by Gasteiger charge is -2.14. The molecular formula is C14H20ClFN2O2. The van der Waals surface area contributed by atoms with E-state index in [1.54, 1.807) is 6.07 Å². The highest BCUT2D eigenvalue weighted by Crippen LogP contribution is 2.15. The molecule has 1 unspecified atom stereocenters. The number of hydrogen-bond acceptors (Lipinski definition) is 2. The molecule has 0 aliphatic heterocycles. The zero-order valence-corrected chi connectivity index (χ0v) is 12.4. The summed E-state index contributed by atoms with van der Waals surface area (Å²) in [5.41, 5.74) is 0.716. The predicted octanol–water partition coefficient (Wildman–Crippen LogP) is 2.69. The molecule has 1 rings (SSSR count). The van der Waals surface area contributed by atoms with Crippen LogP contribution in [0.2, 0.25) is 5.02 Å². The van der Waals surface area contributed by atoms with Gasteiger partial charge in [-0.3, -0.25) is 0 Å². The average Bonchev–Trinajstić information content (AvgIpc) is 2.40. The summed E-state index contributed by atoms with van der Waals surface area (Å²) >= 11 is 5.65. The first-order valence-corrected chi connectivity index (χ1v) is 6.91. The molecule has 1 aromatic carbocycles. The fourth-order valence-corrected chi connectivity index (χ4v) is 1.76. The highest BCUT2D eigenvalue weighted by molar-refractivity contribution is 6.30. The van der Waals surface area contributed by atoms with Gasteiger partial charge in [-0.1, -0.05) is 31.5 Å². The van der Waals surface area contributed by atoms with Gasteiger partial charge in [0.1, 0.15) is 5.82 Å². The fourth-order valence-electron chi connectivity index (χ4n) is 1.56. The molecule has 0 aliphatic rings. The molecule has 0 fully saturated rings. The average molecular weight is 303 g/mol.